The molecule has 0 aromatic heterocycles. The molecule has 0 rings (SSSR count). The van der Waals surface area contributed by atoms with E-state index in [1.807, 2.05) is 0 Å². The minimum atomic E-state index is -0.785. The highest BCUT2D eigenvalue weighted by Gasteiger charge is 2.10. The van der Waals surface area contributed by atoms with Gasteiger partial charge in [0, 0.05) is 19.6 Å². The molecule has 2 amide bonds. The van der Waals surface area contributed by atoms with Gasteiger partial charge in [-0.15, -0.1) is 0 Å². The van der Waals surface area contributed by atoms with Gasteiger partial charge < -0.3 is 26.2 Å². The van der Waals surface area contributed by atoms with E-state index in [1.54, 1.807) is 6.92 Å². The summed E-state index contributed by atoms with van der Waals surface area (Å²) in [6.45, 7) is 3.13. The van der Waals surface area contributed by atoms with Crippen molar-refractivity contribution in [2.24, 2.45) is 5.73 Å². The monoisotopic (exact) mass is 233 g/mol. The van der Waals surface area contributed by atoms with Crippen molar-refractivity contribution in [1.29, 1.82) is 0 Å². The van der Waals surface area contributed by atoms with Crippen molar-refractivity contribution in [3.63, 3.8) is 0 Å². The average Bonchev–Trinajstić information content (AvgIpc) is 2.16. The van der Waals surface area contributed by atoms with E-state index in [2.05, 4.69) is 15.4 Å². The number of hydrogen-bond acceptors (Lipinski definition) is 5. The number of nitrogens with two attached hydrogens (primary N) is 1. The molecule has 0 bridgehead atoms. The van der Waals surface area contributed by atoms with Crippen molar-refractivity contribution in [3.8, 4) is 0 Å². The number of hydrogen-bond donors (Lipinski definition) is 4. The summed E-state index contributed by atoms with van der Waals surface area (Å²) in [7, 11) is 0. The lowest BCUT2D eigenvalue weighted by Crippen LogP contribution is -2.38. The summed E-state index contributed by atoms with van der Waals surface area (Å²) in [6, 6.07) is -0.589. The Morgan fingerprint density at radius 3 is 2.69 bits per heavy atom. The fourth-order valence-corrected chi connectivity index (χ4v) is 1.03. The van der Waals surface area contributed by atoms with E-state index < -0.39 is 18.1 Å². The van der Waals surface area contributed by atoms with E-state index >= 15 is 0 Å². The van der Waals surface area contributed by atoms with E-state index in [9.17, 15) is 14.7 Å². The zero-order valence-corrected chi connectivity index (χ0v) is 9.36. The molecule has 0 aromatic rings. The van der Waals surface area contributed by atoms with Gasteiger partial charge >= 0.3 is 12.0 Å². The predicted molar refractivity (Wildman–Crippen MR) is 57.7 cm³/mol. The van der Waals surface area contributed by atoms with Gasteiger partial charge in [-0.1, -0.05) is 0 Å². The van der Waals surface area contributed by atoms with Crippen LogP contribution >= 0.6 is 0 Å². The van der Waals surface area contributed by atoms with E-state index in [0.717, 1.165) is 0 Å². The Morgan fingerprint density at radius 2 is 2.12 bits per heavy atom. The Hall–Kier alpha value is -1.34. The molecule has 0 saturated heterocycles. The number of aliphatic hydroxyl groups is 1. The number of rotatable bonds is 8. The number of amides is 2. The van der Waals surface area contributed by atoms with Crippen LogP contribution in [0.1, 0.15) is 13.3 Å². The number of urea groups is 1. The highest BCUT2D eigenvalue weighted by Crippen LogP contribution is 1.93. The van der Waals surface area contributed by atoms with Gasteiger partial charge in [0.2, 0.25) is 0 Å². The summed E-state index contributed by atoms with van der Waals surface area (Å²) in [5, 5.41) is 14.6. The Kier molecular flexibility index (Phi) is 8.18. The van der Waals surface area contributed by atoms with Gasteiger partial charge in [0.05, 0.1) is 19.1 Å². The summed E-state index contributed by atoms with van der Waals surface area (Å²) < 4.78 is 4.67. The second-order valence-corrected chi connectivity index (χ2v) is 3.16. The van der Waals surface area contributed by atoms with Gasteiger partial charge in [-0.25, -0.2) is 4.79 Å². The second kappa shape index (κ2) is 8.93. The maximum Gasteiger partial charge on any atom is 0.312 e. The van der Waals surface area contributed by atoms with Crippen LogP contribution in [0.5, 0.6) is 0 Å². The number of carbonyl (C=O) groups is 2. The number of nitrogens with one attached hydrogen (secondary N) is 2. The van der Waals surface area contributed by atoms with Crippen LogP contribution in [0.3, 0.4) is 0 Å². The van der Waals surface area contributed by atoms with Crippen molar-refractivity contribution in [3.05, 3.63) is 0 Å². The third-order valence-corrected chi connectivity index (χ3v) is 1.69. The zero-order chi connectivity index (χ0) is 12.4. The smallest absolute Gasteiger partial charge is 0.312 e. The van der Waals surface area contributed by atoms with E-state index in [0.29, 0.717) is 19.7 Å². The van der Waals surface area contributed by atoms with Gasteiger partial charge in [0.25, 0.3) is 0 Å². The number of esters is 1. The third kappa shape index (κ3) is 9.22. The highest BCUT2D eigenvalue weighted by atomic mass is 16.5. The van der Waals surface area contributed by atoms with Crippen LogP contribution in [-0.2, 0) is 9.53 Å². The summed E-state index contributed by atoms with van der Waals surface area (Å²) in [4.78, 5) is 21.2. The van der Waals surface area contributed by atoms with Gasteiger partial charge in [0.1, 0.15) is 0 Å². The Balaban J connectivity index is 3.39. The number of ether oxygens (including phenoxy) is 1. The Labute approximate surface area is 94.3 Å². The van der Waals surface area contributed by atoms with Crippen LogP contribution in [-0.4, -0.2) is 49.5 Å². The maximum absolute atomic E-state index is 10.9. The molecule has 0 aliphatic heterocycles. The molecule has 5 N–H and O–H groups in total. The van der Waals surface area contributed by atoms with E-state index in [1.165, 1.54) is 0 Å². The van der Waals surface area contributed by atoms with Crippen molar-refractivity contribution >= 4 is 12.0 Å². The molecule has 0 aliphatic rings. The molecule has 0 fully saturated rings. The predicted octanol–water partition coefficient (Wildman–Crippen LogP) is -1.44. The van der Waals surface area contributed by atoms with E-state index in [-0.39, 0.29) is 13.0 Å². The highest BCUT2D eigenvalue weighted by molar-refractivity contribution is 5.71. The molecule has 0 heterocycles. The van der Waals surface area contributed by atoms with Crippen LogP contribution in [0.15, 0.2) is 0 Å². The largest absolute Gasteiger partial charge is 0.466 e. The van der Waals surface area contributed by atoms with Gasteiger partial charge in [-0.05, 0) is 6.92 Å². The average molecular weight is 233 g/mol. The first-order valence-corrected chi connectivity index (χ1v) is 5.14. The molecule has 16 heavy (non-hydrogen) atoms. The topological polar surface area (TPSA) is 114 Å². The van der Waals surface area contributed by atoms with Crippen molar-refractivity contribution in [2.75, 3.05) is 26.2 Å². The van der Waals surface area contributed by atoms with Crippen molar-refractivity contribution < 1.29 is 19.4 Å². The molecule has 94 valence electrons. The molecule has 0 spiro atoms. The fourth-order valence-electron chi connectivity index (χ4n) is 1.03. The third-order valence-electron chi connectivity index (χ3n) is 1.69. The summed E-state index contributed by atoms with van der Waals surface area (Å²) in [5.41, 5.74) is 4.85. The van der Waals surface area contributed by atoms with Gasteiger partial charge in [-0.3, -0.25) is 4.79 Å². The molecule has 0 aliphatic carbocycles. The fraction of sp³-hybridized carbons (Fsp3) is 0.778. The van der Waals surface area contributed by atoms with Gasteiger partial charge in [0.15, 0.2) is 0 Å². The lowest BCUT2D eigenvalue weighted by Gasteiger charge is -2.11. The molecule has 7 heteroatoms. The first kappa shape index (κ1) is 14.7. The summed E-state index contributed by atoms with van der Waals surface area (Å²) in [6.07, 6.45) is -0.822. The van der Waals surface area contributed by atoms with E-state index in [4.69, 9.17) is 5.73 Å². The summed E-state index contributed by atoms with van der Waals surface area (Å²) in [5.74, 6) is -0.424. The lowest BCUT2D eigenvalue weighted by molar-refractivity contribution is -0.145. The van der Waals surface area contributed by atoms with Crippen LogP contribution < -0.4 is 16.4 Å². The molecule has 0 aromatic carbocycles. The molecular weight excluding hydrogens is 214 g/mol. The normalized spacial score (nSPS) is 11.9. The Bertz CT molecular complexity index is 223. The quantitative estimate of drug-likeness (QED) is 0.303. The van der Waals surface area contributed by atoms with Crippen molar-refractivity contribution in [1.82, 2.24) is 10.6 Å². The first-order chi connectivity index (χ1) is 7.56. The zero-order valence-electron chi connectivity index (χ0n) is 9.36. The van der Waals surface area contributed by atoms with Crippen LogP contribution in [0.4, 0.5) is 4.79 Å². The van der Waals surface area contributed by atoms with Crippen LogP contribution in [0.25, 0.3) is 0 Å². The minimum absolute atomic E-state index is 0.0376. The molecule has 1 unspecified atom stereocenters. The SMILES string of the molecule is CCOC(=O)CC(O)CNCCNC(N)=O. The van der Waals surface area contributed by atoms with Gasteiger partial charge in [-0.2, -0.15) is 0 Å². The number of aliphatic hydroxyl groups excluding tert-OH is 1. The summed E-state index contributed by atoms with van der Waals surface area (Å²) >= 11 is 0. The maximum atomic E-state index is 10.9. The lowest BCUT2D eigenvalue weighted by atomic mass is 10.2. The minimum Gasteiger partial charge on any atom is -0.466 e. The molecular formula is C9H19N3O4. The molecule has 1 atom stereocenters. The molecule has 0 radical (unpaired) electrons. The standard InChI is InChI=1S/C9H19N3O4/c1-2-16-8(14)5-7(13)6-11-3-4-12-9(10)15/h7,11,13H,2-6H2,1H3,(H3,10,12,15). The number of carbonyl (C=O) groups excluding carboxylic acids is 2. The van der Waals surface area contributed by atoms with Crippen molar-refractivity contribution in [2.45, 2.75) is 19.4 Å². The van der Waals surface area contributed by atoms with Crippen LogP contribution in [0.2, 0.25) is 0 Å². The first-order valence-electron chi connectivity index (χ1n) is 5.14. The Morgan fingerprint density at radius 1 is 1.44 bits per heavy atom. The molecule has 7 nitrogen and oxygen atoms in total. The molecule has 0 saturated carbocycles. The number of primary amides is 1. The van der Waals surface area contributed by atoms with Crippen LogP contribution in [0, 0.1) is 0 Å². The second-order valence-electron chi connectivity index (χ2n) is 3.16.